The van der Waals surface area contributed by atoms with E-state index in [-0.39, 0.29) is 29.3 Å². The Morgan fingerprint density at radius 1 is 1.23 bits per heavy atom. The predicted molar refractivity (Wildman–Crippen MR) is 90.2 cm³/mol. The maximum atomic E-state index is 12.3. The van der Waals surface area contributed by atoms with Crippen LogP contribution in [-0.2, 0) is 4.79 Å². The fraction of sp³-hybridized carbons (Fsp3) is 0.438. The molecular formula is C16H21N3O2S. The first-order chi connectivity index (χ1) is 10.4. The fourth-order valence-electron chi connectivity index (χ4n) is 2.51. The summed E-state index contributed by atoms with van der Waals surface area (Å²) >= 11 is 1.26. The minimum Gasteiger partial charge on any atom is -0.337 e. The van der Waals surface area contributed by atoms with Crippen molar-refractivity contribution in [3.8, 4) is 0 Å². The quantitative estimate of drug-likeness (QED) is 0.679. The third-order valence-corrected chi connectivity index (χ3v) is 4.18. The smallest absolute Gasteiger partial charge is 0.259 e. The Hall–Kier alpha value is -1.82. The number of H-pyrrole nitrogens is 1. The molecule has 1 aromatic heterocycles. The molecule has 22 heavy (non-hydrogen) atoms. The first-order valence-corrected chi connectivity index (χ1v) is 8.31. The average molecular weight is 319 g/mol. The molecule has 1 aromatic carbocycles. The lowest BCUT2D eigenvalue weighted by Crippen LogP contribution is -2.43. The summed E-state index contributed by atoms with van der Waals surface area (Å²) in [5, 5.41) is 1.04. The molecule has 0 aliphatic carbocycles. The topological polar surface area (TPSA) is 66.1 Å². The van der Waals surface area contributed by atoms with E-state index < -0.39 is 0 Å². The minimum absolute atomic E-state index is 0.0470. The van der Waals surface area contributed by atoms with Crippen LogP contribution in [0.15, 0.2) is 34.2 Å². The number of amides is 1. The molecular weight excluding hydrogens is 298 g/mol. The first kappa shape index (κ1) is 16.5. The van der Waals surface area contributed by atoms with E-state index in [1.807, 2.05) is 38.7 Å². The van der Waals surface area contributed by atoms with Gasteiger partial charge in [0.1, 0.15) is 0 Å². The number of fused-ring (bicyclic) bond motifs is 1. The molecule has 0 atom stereocenters. The molecule has 0 bridgehead atoms. The maximum absolute atomic E-state index is 12.3. The SMILES string of the molecule is CC(C)N(C(=O)CSc1nc2ccccc2c(=O)[nH]1)C(C)C. The van der Waals surface area contributed by atoms with Crippen molar-refractivity contribution in [2.24, 2.45) is 0 Å². The van der Waals surface area contributed by atoms with E-state index in [4.69, 9.17) is 0 Å². The van der Waals surface area contributed by atoms with Crippen molar-refractivity contribution in [3.63, 3.8) is 0 Å². The summed E-state index contributed by atoms with van der Waals surface area (Å²) in [6.07, 6.45) is 0. The number of aromatic amines is 1. The van der Waals surface area contributed by atoms with Gasteiger partial charge < -0.3 is 9.88 Å². The third kappa shape index (κ3) is 3.68. The number of carbonyl (C=O) groups excluding carboxylic acids is 1. The zero-order valence-corrected chi connectivity index (χ0v) is 14.1. The largest absolute Gasteiger partial charge is 0.337 e. The second-order valence-corrected chi connectivity index (χ2v) is 6.63. The normalized spacial score (nSPS) is 11.4. The van der Waals surface area contributed by atoms with Gasteiger partial charge in [0.05, 0.1) is 16.7 Å². The zero-order valence-electron chi connectivity index (χ0n) is 13.3. The molecule has 0 saturated heterocycles. The number of nitrogens with zero attached hydrogens (tertiary/aromatic N) is 2. The van der Waals surface area contributed by atoms with Gasteiger partial charge >= 0.3 is 0 Å². The van der Waals surface area contributed by atoms with Gasteiger partial charge in [0.2, 0.25) is 5.91 Å². The van der Waals surface area contributed by atoms with Crippen molar-refractivity contribution in [1.29, 1.82) is 0 Å². The second-order valence-electron chi connectivity index (χ2n) is 5.67. The van der Waals surface area contributed by atoms with Gasteiger partial charge in [-0.15, -0.1) is 0 Å². The molecule has 6 heteroatoms. The van der Waals surface area contributed by atoms with Crippen LogP contribution in [0.2, 0.25) is 0 Å². The molecule has 0 unspecified atom stereocenters. The van der Waals surface area contributed by atoms with Crippen molar-refractivity contribution >= 4 is 28.6 Å². The van der Waals surface area contributed by atoms with E-state index in [0.29, 0.717) is 16.1 Å². The summed E-state index contributed by atoms with van der Waals surface area (Å²) < 4.78 is 0. The van der Waals surface area contributed by atoms with Gasteiger partial charge in [0, 0.05) is 12.1 Å². The number of aromatic nitrogens is 2. The van der Waals surface area contributed by atoms with Crippen LogP contribution in [0.5, 0.6) is 0 Å². The highest BCUT2D eigenvalue weighted by Crippen LogP contribution is 2.17. The lowest BCUT2D eigenvalue weighted by atomic mass is 10.2. The molecule has 1 heterocycles. The first-order valence-electron chi connectivity index (χ1n) is 7.33. The highest BCUT2D eigenvalue weighted by atomic mass is 32.2. The summed E-state index contributed by atoms with van der Waals surface area (Å²) in [5.74, 6) is 0.309. The Kier molecular flexibility index (Phi) is 5.24. The third-order valence-electron chi connectivity index (χ3n) is 3.32. The molecule has 1 amide bonds. The van der Waals surface area contributed by atoms with E-state index in [9.17, 15) is 9.59 Å². The highest BCUT2D eigenvalue weighted by molar-refractivity contribution is 7.99. The maximum Gasteiger partial charge on any atom is 0.259 e. The lowest BCUT2D eigenvalue weighted by molar-refractivity contribution is -0.131. The Morgan fingerprint density at radius 3 is 2.50 bits per heavy atom. The second kappa shape index (κ2) is 6.96. The van der Waals surface area contributed by atoms with Gasteiger partial charge in [0.15, 0.2) is 5.16 Å². The van der Waals surface area contributed by atoms with Crippen molar-refractivity contribution in [3.05, 3.63) is 34.6 Å². The molecule has 118 valence electrons. The molecule has 5 nitrogen and oxygen atoms in total. The van der Waals surface area contributed by atoms with Crippen LogP contribution in [0.25, 0.3) is 10.9 Å². The number of hydrogen-bond donors (Lipinski definition) is 1. The molecule has 0 spiro atoms. The Bertz CT molecular complexity index is 717. The number of carbonyl (C=O) groups is 1. The van der Waals surface area contributed by atoms with Crippen LogP contribution in [0, 0.1) is 0 Å². The van der Waals surface area contributed by atoms with Crippen molar-refractivity contribution < 1.29 is 4.79 Å². The number of rotatable bonds is 5. The monoisotopic (exact) mass is 319 g/mol. The molecule has 0 saturated carbocycles. The summed E-state index contributed by atoms with van der Waals surface area (Å²) in [6, 6.07) is 7.48. The van der Waals surface area contributed by atoms with Crippen molar-refractivity contribution in [2.45, 2.75) is 44.9 Å². The molecule has 0 radical (unpaired) electrons. The van der Waals surface area contributed by atoms with E-state index in [2.05, 4.69) is 9.97 Å². The van der Waals surface area contributed by atoms with E-state index in [1.54, 1.807) is 18.2 Å². The van der Waals surface area contributed by atoms with Gasteiger partial charge in [0.25, 0.3) is 5.56 Å². The van der Waals surface area contributed by atoms with Crippen LogP contribution in [-0.4, -0.2) is 38.6 Å². The van der Waals surface area contributed by atoms with Crippen LogP contribution in [0.4, 0.5) is 0 Å². The number of nitrogens with one attached hydrogen (secondary N) is 1. The Morgan fingerprint density at radius 2 is 1.86 bits per heavy atom. The summed E-state index contributed by atoms with van der Waals surface area (Å²) in [6.45, 7) is 7.99. The summed E-state index contributed by atoms with van der Waals surface area (Å²) in [7, 11) is 0. The van der Waals surface area contributed by atoms with Gasteiger partial charge in [-0.1, -0.05) is 23.9 Å². The Balaban J connectivity index is 2.15. The zero-order chi connectivity index (χ0) is 16.3. The molecule has 2 rings (SSSR count). The van der Waals surface area contributed by atoms with E-state index >= 15 is 0 Å². The standard InChI is InChI=1S/C16H21N3O2S/c1-10(2)19(11(3)4)14(20)9-22-16-17-13-8-6-5-7-12(13)15(21)18-16/h5-8,10-11H,9H2,1-4H3,(H,17,18,21). The Labute approximate surface area is 134 Å². The number of benzene rings is 1. The van der Waals surface area contributed by atoms with E-state index in [1.165, 1.54) is 11.8 Å². The van der Waals surface area contributed by atoms with Crippen LogP contribution in [0.3, 0.4) is 0 Å². The molecule has 2 aromatic rings. The highest BCUT2D eigenvalue weighted by Gasteiger charge is 2.20. The van der Waals surface area contributed by atoms with Gasteiger partial charge in [-0.3, -0.25) is 9.59 Å². The lowest BCUT2D eigenvalue weighted by Gasteiger charge is -2.30. The predicted octanol–water partition coefficient (Wildman–Crippen LogP) is 2.66. The van der Waals surface area contributed by atoms with Crippen molar-refractivity contribution in [1.82, 2.24) is 14.9 Å². The average Bonchev–Trinajstić information content (AvgIpc) is 2.44. The molecule has 0 aliphatic rings. The van der Waals surface area contributed by atoms with Gasteiger partial charge in [-0.2, -0.15) is 0 Å². The van der Waals surface area contributed by atoms with Crippen LogP contribution < -0.4 is 5.56 Å². The van der Waals surface area contributed by atoms with Gasteiger partial charge in [-0.25, -0.2) is 4.98 Å². The molecule has 0 aliphatic heterocycles. The number of thioether (sulfide) groups is 1. The fourth-order valence-corrected chi connectivity index (χ4v) is 3.25. The molecule has 1 N–H and O–H groups in total. The number of para-hydroxylation sites is 1. The van der Waals surface area contributed by atoms with E-state index in [0.717, 1.165) is 0 Å². The number of hydrogen-bond acceptors (Lipinski definition) is 4. The minimum atomic E-state index is -0.176. The summed E-state index contributed by atoms with van der Waals surface area (Å²) in [4.78, 5) is 33.3. The van der Waals surface area contributed by atoms with Crippen LogP contribution >= 0.6 is 11.8 Å². The van der Waals surface area contributed by atoms with Gasteiger partial charge in [-0.05, 0) is 39.8 Å². The van der Waals surface area contributed by atoms with Crippen molar-refractivity contribution in [2.75, 3.05) is 5.75 Å². The van der Waals surface area contributed by atoms with Crippen LogP contribution in [0.1, 0.15) is 27.7 Å². The summed E-state index contributed by atoms with van der Waals surface area (Å²) in [5.41, 5.74) is 0.468. The molecule has 0 fully saturated rings.